The Hall–Kier alpha value is -0.920. The molecular formula is C11H17N5S2. The summed E-state index contributed by atoms with van der Waals surface area (Å²) in [5.74, 6) is 0. The average Bonchev–Trinajstić information content (AvgIpc) is 2.84. The zero-order valence-corrected chi connectivity index (χ0v) is 12.7. The van der Waals surface area contributed by atoms with Crippen LogP contribution in [0.4, 0.5) is 0 Å². The fraction of sp³-hybridized carbons (Fsp3) is 0.636. The highest BCUT2D eigenvalue weighted by Crippen LogP contribution is 2.28. The van der Waals surface area contributed by atoms with Crippen molar-refractivity contribution < 1.29 is 0 Å². The molecule has 0 aliphatic heterocycles. The Kier molecular flexibility index (Phi) is 4.04. The lowest BCUT2D eigenvalue weighted by molar-refractivity contribution is 0.429. The number of aryl methyl sites for hydroxylation is 1. The number of rotatable bonds is 4. The van der Waals surface area contributed by atoms with Gasteiger partial charge in [-0.15, -0.1) is 15.3 Å². The summed E-state index contributed by atoms with van der Waals surface area (Å²) < 4.78 is 3.92. The van der Waals surface area contributed by atoms with Crippen LogP contribution in [0, 0.1) is 6.92 Å². The topological polar surface area (TPSA) is 63.6 Å². The minimum atomic E-state index is 0.145. The van der Waals surface area contributed by atoms with E-state index in [1.165, 1.54) is 11.5 Å². The van der Waals surface area contributed by atoms with Crippen molar-refractivity contribution in [3.05, 3.63) is 10.7 Å². The molecule has 0 bridgehead atoms. The third kappa shape index (κ3) is 3.54. The summed E-state index contributed by atoms with van der Waals surface area (Å²) in [6.45, 7) is 9.33. The Morgan fingerprint density at radius 2 is 1.94 bits per heavy atom. The van der Waals surface area contributed by atoms with Crippen LogP contribution < -0.4 is 5.32 Å². The molecule has 2 aromatic rings. The first-order valence-electron chi connectivity index (χ1n) is 5.82. The standard InChI is InChI=1S/C11H17N5S2/c1-7-9(18-16-13-7)10-15-14-8(17-10)5-6-12-11(2,3)4/h12H,5-6H2,1-4H3. The van der Waals surface area contributed by atoms with Gasteiger partial charge in [-0.1, -0.05) is 15.8 Å². The van der Waals surface area contributed by atoms with Gasteiger partial charge in [0.25, 0.3) is 0 Å². The molecule has 0 radical (unpaired) electrons. The van der Waals surface area contributed by atoms with Crippen LogP contribution in [0.2, 0.25) is 0 Å². The van der Waals surface area contributed by atoms with Crippen molar-refractivity contribution in [3.8, 4) is 9.88 Å². The van der Waals surface area contributed by atoms with Crippen LogP contribution in [-0.2, 0) is 6.42 Å². The predicted octanol–water partition coefficient (Wildman–Crippen LogP) is 2.30. The molecule has 0 saturated heterocycles. The summed E-state index contributed by atoms with van der Waals surface area (Å²) in [5.41, 5.74) is 1.07. The highest BCUT2D eigenvalue weighted by Gasteiger charge is 2.13. The van der Waals surface area contributed by atoms with E-state index >= 15 is 0 Å². The number of hydrogen-bond donors (Lipinski definition) is 1. The third-order valence-electron chi connectivity index (χ3n) is 2.31. The Morgan fingerprint density at radius 1 is 1.17 bits per heavy atom. The number of aromatic nitrogens is 4. The van der Waals surface area contributed by atoms with Crippen LogP contribution in [0.1, 0.15) is 31.5 Å². The van der Waals surface area contributed by atoms with Gasteiger partial charge in [0.05, 0.1) is 5.69 Å². The SMILES string of the molecule is Cc1nnsc1-c1nnc(CCNC(C)(C)C)s1. The Balaban J connectivity index is 1.97. The second-order valence-corrected chi connectivity index (χ2v) is 6.93. The number of nitrogens with one attached hydrogen (secondary N) is 1. The van der Waals surface area contributed by atoms with E-state index in [1.807, 2.05) is 6.92 Å². The van der Waals surface area contributed by atoms with Crippen LogP contribution in [-0.4, -0.2) is 31.9 Å². The lowest BCUT2D eigenvalue weighted by Gasteiger charge is -2.19. The molecule has 0 saturated carbocycles. The molecule has 98 valence electrons. The summed E-state index contributed by atoms with van der Waals surface area (Å²) in [6, 6.07) is 0. The molecule has 18 heavy (non-hydrogen) atoms. The monoisotopic (exact) mass is 283 g/mol. The largest absolute Gasteiger partial charge is 0.312 e. The molecule has 0 aromatic carbocycles. The molecule has 5 nitrogen and oxygen atoms in total. The van der Waals surface area contributed by atoms with Crippen LogP contribution >= 0.6 is 22.9 Å². The van der Waals surface area contributed by atoms with E-state index in [-0.39, 0.29) is 5.54 Å². The molecule has 2 heterocycles. The van der Waals surface area contributed by atoms with Crippen molar-refractivity contribution in [1.29, 1.82) is 0 Å². The minimum Gasteiger partial charge on any atom is -0.312 e. The molecule has 0 aliphatic carbocycles. The highest BCUT2D eigenvalue weighted by atomic mass is 32.1. The maximum atomic E-state index is 4.21. The first-order chi connectivity index (χ1) is 8.46. The maximum absolute atomic E-state index is 4.21. The van der Waals surface area contributed by atoms with E-state index in [0.717, 1.165) is 33.6 Å². The van der Waals surface area contributed by atoms with Gasteiger partial charge >= 0.3 is 0 Å². The Labute approximate surface area is 115 Å². The highest BCUT2D eigenvalue weighted by molar-refractivity contribution is 7.19. The average molecular weight is 283 g/mol. The summed E-state index contributed by atoms with van der Waals surface area (Å²) in [6.07, 6.45) is 0.903. The van der Waals surface area contributed by atoms with Gasteiger partial charge in [0.15, 0.2) is 5.01 Å². The molecule has 0 spiro atoms. The molecule has 1 N–H and O–H groups in total. The summed E-state index contributed by atoms with van der Waals surface area (Å²) >= 11 is 3.00. The Bertz CT molecular complexity index is 511. The molecule has 2 aromatic heterocycles. The van der Waals surface area contributed by atoms with Gasteiger partial charge in [0.1, 0.15) is 9.88 Å². The second kappa shape index (κ2) is 5.38. The van der Waals surface area contributed by atoms with E-state index in [9.17, 15) is 0 Å². The van der Waals surface area contributed by atoms with Gasteiger partial charge in [-0.05, 0) is 39.2 Å². The molecule has 0 atom stereocenters. The number of hydrogen-bond acceptors (Lipinski definition) is 7. The second-order valence-electron chi connectivity index (χ2n) is 5.12. The molecule has 0 aliphatic rings. The van der Waals surface area contributed by atoms with Crippen molar-refractivity contribution >= 4 is 22.9 Å². The van der Waals surface area contributed by atoms with Crippen LogP contribution in [0.3, 0.4) is 0 Å². The van der Waals surface area contributed by atoms with E-state index in [1.54, 1.807) is 11.3 Å². The van der Waals surface area contributed by atoms with E-state index in [0.29, 0.717) is 0 Å². The summed E-state index contributed by atoms with van der Waals surface area (Å²) in [5, 5.41) is 17.8. The molecule has 0 fully saturated rings. The summed E-state index contributed by atoms with van der Waals surface area (Å²) in [7, 11) is 0. The van der Waals surface area contributed by atoms with Crippen molar-refractivity contribution in [1.82, 2.24) is 25.1 Å². The number of nitrogens with zero attached hydrogens (tertiary/aromatic N) is 4. The van der Waals surface area contributed by atoms with Crippen molar-refractivity contribution in [2.24, 2.45) is 0 Å². The van der Waals surface area contributed by atoms with Crippen LogP contribution in [0.15, 0.2) is 0 Å². The van der Waals surface area contributed by atoms with Gasteiger partial charge in [0.2, 0.25) is 0 Å². The van der Waals surface area contributed by atoms with Gasteiger partial charge in [0, 0.05) is 18.5 Å². The summed E-state index contributed by atoms with van der Waals surface area (Å²) in [4.78, 5) is 1.03. The lowest BCUT2D eigenvalue weighted by Crippen LogP contribution is -2.37. The molecular weight excluding hydrogens is 266 g/mol. The Morgan fingerprint density at radius 3 is 2.56 bits per heavy atom. The zero-order chi connectivity index (χ0) is 13.2. The maximum Gasteiger partial charge on any atom is 0.161 e. The van der Waals surface area contributed by atoms with Gasteiger partial charge in [-0.3, -0.25) is 0 Å². The predicted molar refractivity (Wildman–Crippen MR) is 75.0 cm³/mol. The smallest absolute Gasteiger partial charge is 0.161 e. The van der Waals surface area contributed by atoms with Gasteiger partial charge < -0.3 is 5.32 Å². The molecule has 2 rings (SSSR count). The quantitative estimate of drug-likeness (QED) is 0.932. The van der Waals surface area contributed by atoms with E-state index in [2.05, 4.69) is 45.9 Å². The van der Waals surface area contributed by atoms with Crippen LogP contribution in [0.5, 0.6) is 0 Å². The third-order valence-corrected chi connectivity index (χ3v) is 4.27. The first kappa shape index (κ1) is 13.5. The van der Waals surface area contributed by atoms with Gasteiger partial charge in [-0.2, -0.15) is 0 Å². The fourth-order valence-corrected chi connectivity index (χ4v) is 3.02. The fourth-order valence-electron chi connectivity index (χ4n) is 1.42. The van der Waals surface area contributed by atoms with E-state index in [4.69, 9.17) is 0 Å². The molecule has 0 unspecified atom stereocenters. The van der Waals surface area contributed by atoms with E-state index < -0.39 is 0 Å². The lowest BCUT2D eigenvalue weighted by atomic mass is 10.1. The molecule has 0 amide bonds. The first-order valence-corrected chi connectivity index (χ1v) is 7.41. The van der Waals surface area contributed by atoms with Crippen LogP contribution in [0.25, 0.3) is 9.88 Å². The molecule has 7 heteroatoms. The van der Waals surface area contributed by atoms with Crippen molar-refractivity contribution in [2.75, 3.05) is 6.54 Å². The minimum absolute atomic E-state index is 0.145. The van der Waals surface area contributed by atoms with Crippen molar-refractivity contribution in [3.63, 3.8) is 0 Å². The van der Waals surface area contributed by atoms with Crippen molar-refractivity contribution in [2.45, 2.75) is 39.7 Å². The van der Waals surface area contributed by atoms with Gasteiger partial charge in [-0.25, -0.2) is 0 Å². The normalized spacial score (nSPS) is 12.0. The zero-order valence-electron chi connectivity index (χ0n) is 11.0.